The topological polar surface area (TPSA) is 29.5 Å². The molecule has 1 aliphatic rings. The summed E-state index contributed by atoms with van der Waals surface area (Å²) in [6.07, 6.45) is -2.72. The minimum atomic E-state index is -4.46. The molecule has 3 rings (SSSR count). The Balaban J connectivity index is 1.84. The Morgan fingerprint density at radius 1 is 1.24 bits per heavy atom. The lowest BCUT2D eigenvalue weighted by molar-refractivity contribution is -0.137. The van der Waals surface area contributed by atoms with Gasteiger partial charge in [-0.3, -0.25) is 0 Å². The highest BCUT2D eigenvalue weighted by Crippen LogP contribution is 2.40. The molecule has 0 spiro atoms. The number of hydrogen-bond donors (Lipinski definition) is 0. The third-order valence-corrected chi connectivity index (χ3v) is 5.28. The number of benzene rings is 2. The second-order valence-corrected chi connectivity index (χ2v) is 7.10. The van der Waals surface area contributed by atoms with Gasteiger partial charge in [-0.1, -0.05) is 30.3 Å². The highest BCUT2D eigenvalue weighted by Gasteiger charge is 2.43. The largest absolute Gasteiger partial charge is 0.437 e. The molecule has 0 radical (unpaired) electrons. The molecule has 1 unspecified atom stereocenters. The van der Waals surface area contributed by atoms with E-state index in [4.69, 9.17) is 4.74 Å². The summed E-state index contributed by atoms with van der Waals surface area (Å²) in [5.41, 5.74) is -0.718. The number of hydrogen-bond acceptors (Lipinski definition) is 2. The first-order chi connectivity index (χ1) is 13.7. The van der Waals surface area contributed by atoms with Crippen molar-refractivity contribution in [2.75, 3.05) is 6.54 Å². The molecule has 2 aromatic carbocycles. The third-order valence-electron chi connectivity index (χ3n) is 5.28. The molecule has 2 atom stereocenters. The van der Waals surface area contributed by atoms with Crippen LogP contribution in [0.2, 0.25) is 0 Å². The van der Waals surface area contributed by atoms with Crippen LogP contribution in [0, 0.1) is 5.82 Å². The van der Waals surface area contributed by atoms with Crippen LogP contribution in [0.3, 0.4) is 0 Å². The van der Waals surface area contributed by atoms with Gasteiger partial charge in [0.1, 0.15) is 11.4 Å². The quantitative estimate of drug-likeness (QED) is 0.435. The van der Waals surface area contributed by atoms with Gasteiger partial charge in [-0.05, 0) is 42.3 Å². The van der Waals surface area contributed by atoms with Crippen molar-refractivity contribution in [3.05, 3.63) is 83.7 Å². The monoisotopic (exact) mass is 407 g/mol. The van der Waals surface area contributed by atoms with E-state index < -0.39 is 35.3 Å². The van der Waals surface area contributed by atoms with Crippen LogP contribution in [0.5, 0.6) is 0 Å². The second-order valence-electron chi connectivity index (χ2n) is 7.10. The number of rotatable bonds is 5. The Morgan fingerprint density at radius 2 is 1.93 bits per heavy atom. The number of cyclic esters (lactones) is 1. The fourth-order valence-corrected chi connectivity index (χ4v) is 3.63. The van der Waals surface area contributed by atoms with Crippen molar-refractivity contribution in [2.45, 2.75) is 37.6 Å². The number of alkyl halides is 3. The molecule has 3 nitrogen and oxygen atoms in total. The van der Waals surface area contributed by atoms with E-state index in [1.54, 1.807) is 31.2 Å². The van der Waals surface area contributed by atoms with Gasteiger partial charge < -0.3 is 9.64 Å². The first-order valence-corrected chi connectivity index (χ1v) is 9.20. The van der Waals surface area contributed by atoms with Crippen LogP contribution in [-0.2, 0) is 16.5 Å². The maximum atomic E-state index is 13.3. The molecule has 2 aromatic rings. The van der Waals surface area contributed by atoms with Gasteiger partial charge in [0.15, 0.2) is 0 Å². The molecule has 1 heterocycles. The van der Waals surface area contributed by atoms with E-state index in [0.717, 1.165) is 12.1 Å². The van der Waals surface area contributed by atoms with E-state index in [1.807, 2.05) is 0 Å². The molecule has 0 bridgehead atoms. The molecule has 1 fully saturated rings. The predicted octanol–water partition coefficient (Wildman–Crippen LogP) is 6.22. The summed E-state index contributed by atoms with van der Waals surface area (Å²) < 4.78 is 58.1. The van der Waals surface area contributed by atoms with Crippen LogP contribution in [-0.4, -0.2) is 17.5 Å². The number of ether oxygens (including phenoxy) is 1. The van der Waals surface area contributed by atoms with Gasteiger partial charge in [-0.25, -0.2) is 9.18 Å². The Bertz CT molecular complexity index is 894. The van der Waals surface area contributed by atoms with Gasteiger partial charge in [0.2, 0.25) is 0 Å². The van der Waals surface area contributed by atoms with Gasteiger partial charge in [0.25, 0.3) is 0 Å². The summed E-state index contributed by atoms with van der Waals surface area (Å²) in [7, 11) is 0. The minimum absolute atomic E-state index is 0.279. The van der Waals surface area contributed by atoms with Gasteiger partial charge in [0.05, 0.1) is 11.6 Å². The lowest BCUT2D eigenvalue weighted by Crippen LogP contribution is -2.48. The summed E-state index contributed by atoms with van der Waals surface area (Å²) >= 11 is 0. The molecule has 154 valence electrons. The minimum Gasteiger partial charge on any atom is -0.437 e. The zero-order chi connectivity index (χ0) is 21.2. The van der Waals surface area contributed by atoms with Crippen molar-refractivity contribution in [2.24, 2.45) is 0 Å². The van der Waals surface area contributed by atoms with Crippen molar-refractivity contribution >= 4 is 6.09 Å². The maximum Gasteiger partial charge on any atom is 0.416 e. The average Bonchev–Trinajstić information content (AvgIpc) is 2.68. The molecular formula is C22H21F4NO2. The summed E-state index contributed by atoms with van der Waals surface area (Å²) in [5, 5.41) is 0. The van der Waals surface area contributed by atoms with E-state index in [0.29, 0.717) is 24.0 Å². The second kappa shape index (κ2) is 7.89. The van der Waals surface area contributed by atoms with Gasteiger partial charge in [-0.2, -0.15) is 13.2 Å². The van der Waals surface area contributed by atoms with Crippen molar-refractivity contribution in [1.29, 1.82) is 0 Å². The van der Waals surface area contributed by atoms with Crippen molar-refractivity contribution in [1.82, 2.24) is 4.90 Å². The van der Waals surface area contributed by atoms with E-state index >= 15 is 0 Å². The molecule has 29 heavy (non-hydrogen) atoms. The van der Waals surface area contributed by atoms with Gasteiger partial charge in [-0.15, -0.1) is 6.58 Å². The summed E-state index contributed by atoms with van der Waals surface area (Å²) in [5.74, 6) is -0.399. The first-order valence-electron chi connectivity index (χ1n) is 9.20. The van der Waals surface area contributed by atoms with Crippen molar-refractivity contribution < 1.29 is 27.1 Å². The molecule has 0 aromatic heterocycles. The van der Waals surface area contributed by atoms with Crippen molar-refractivity contribution in [3.63, 3.8) is 0 Å². The average molecular weight is 407 g/mol. The van der Waals surface area contributed by atoms with Crippen LogP contribution < -0.4 is 0 Å². The van der Waals surface area contributed by atoms with Crippen molar-refractivity contribution in [3.8, 4) is 0 Å². The predicted molar refractivity (Wildman–Crippen MR) is 101 cm³/mol. The summed E-state index contributed by atoms with van der Waals surface area (Å²) in [6.45, 7) is 5.66. The maximum absolute atomic E-state index is 13.3. The number of nitrogens with zero attached hydrogens (tertiary/aromatic N) is 1. The fraction of sp³-hybridized carbons (Fsp3) is 0.318. The Kier molecular flexibility index (Phi) is 5.68. The Hall–Kier alpha value is -2.83. The number of amides is 1. The normalized spacial score (nSPS) is 20.9. The molecular weight excluding hydrogens is 386 g/mol. The molecule has 1 aliphatic heterocycles. The van der Waals surface area contributed by atoms with E-state index in [2.05, 4.69) is 6.58 Å². The zero-order valence-electron chi connectivity index (χ0n) is 15.9. The lowest BCUT2D eigenvalue weighted by atomic mass is 9.85. The summed E-state index contributed by atoms with van der Waals surface area (Å²) in [6, 6.07) is 10.0. The fourth-order valence-electron chi connectivity index (χ4n) is 3.63. The smallest absolute Gasteiger partial charge is 0.416 e. The molecule has 0 saturated carbocycles. The van der Waals surface area contributed by atoms with Crippen LogP contribution >= 0.6 is 0 Å². The van der Waals surface area contributed by atoms with Crippen LogP contribution in [0.25, 0.3) is 0 Å². The highest BCUT2D eigenvalue weighted by atomic mass is 19.4. The van der Waals surface area contributed by atoms with Gasteiger partial charge in [0, 0.05) is 19.4 Å². The van der Waals surface area contributed by atoms with Crippen LogP contribution in [0.1, 0.15) is 42.5 Å². The Morgan fingerprint density at radius 3 is 2.52 bits per heavy atom. The number of carbonyl (C=O) groups excluding carboxylic acids is 1. The van der Waals surface area contributed by atoms with E-state index in [1.165, 1.54) is 23.1 Å². The highest BCUT2D eigenvalue weighted by molar-refractivity contribution is 5.70. The van der Waals surface area contributed by atoms with Gasteiger partial charge >= 0.3 is 12.3 Å². The molecule has 0 aliphatic carbocycles. The Labute approximate surface area is 166 Å². The lowest BCUT2D eigenvalue weighted by Gasteiger charge is -2.43. The number of carbonyl (C=O) groups is 1. The number of halogens is 4. The molecule has 7 heteroatoms. The zero-order valence-corrected chi connectivity index (χ0v) is 15.9. The van der Waals surface area contributed by atoms with Crippen LogP contribution in [0.15, 0.2) is 61.2 Å². The molecule has 1 saturated heterocycles. The molecule has 0 N–H and O–H groups in total. The SMILES string of the molecule is C=CCC1(c2ccc(F)cc2)CCN([C@@H](C)c2cccc(C(F)(F)F)c2)C(=O)O1. The van der Waals surface area contributed by atoms with E-state index in [9.17, 15) is 22.4 Å². The third kappa shape index (κ3) is 4.28. The van der Waals surface area contributed by atoms with E-state index in [-0.39, 0.29) is 6.54 Å². The standard InChI is InChI=1S/C22H21F4NO2/c1-3-11-21(17-7-9-19(23)10-8-17)12-13-27(20(28)29-21)15(2)16-5-4-6-18(14-16)22(24,25)26/h3-10,14-15H,1,11-13H2,2H3/t15-,21?/m0/s1. The first kappa shape index (κ1) is 20.9. The molecule has 1 amide bonds. The van der Waals surface area contributed by atoms with Crippen LogP contribution in [0.4, 0.5) is 22.4 Å². The summed E-state index contributed by atoms with van der Waals surface area (Å²) in [4.78, 5) is 14.2.